The maximum Gasteiger partial charge on any atom is 0.416 e. The van der Waals surface area contributed by atoms with Crippen LogP contribution in [0.5, 0.6) is 0 Å². The van der Waals surface area contributed by atoms with Crippen molar-refractivity contribution in [1.29, 1.82) is 0 Å². The minimum absolute atomic E-state index is 0.0467. The molecule has 0 aromatic heterocycles. The topological polar surface area (TPSA) is 32.8 Å². The number of carbonyl (C=O) groups is 1. The van der Waals surface area contributed by atoms with E-state index in [0.717, 1.165) is 48.0 Å². The number of hydrogen-bond donors (Lipinski definition) is 0. The highest BCUT2D eigenvalue weighted by Crippen LogP contribution is 2.42. The normalized spacial score (nSPS) is 24.0. The molecule has 176 valence electrons. The fraction of sp³-hybridized carbons (Fsp3) is 0.480. The third kappa shape index (κ3) is 4.23. The van der Waals surface area contributed by atoms with Gasteiger partial charge < -0.3 is 14.5 Å². The van der Waals surface area contributed by atoms with E-state index in [4.69, 9.17) is 4.74 Å². The quantitative estimate of drug-likeness (QED) is 0.615. The van der Waals surface area contributed by atoms with Crippen molar-refractivity contribution in [1.82, 2.24) is 4.90 Å². The van der Waals surface area contributed by atoms with Gasteiger partial charge in [0.05, 0.1) is 5.56 Å². The number of halogens is 3. The number of hydrogen-bond acceptors (Lipinski definition) is 4. The number of thioether (sulfide) groups is 1. The zero-order valence-electron chi connectivity index (χ0n) is 18.5. The first-order valence-electron chi connectivity index (χ1n) is 11.3. The fourth-order valence-corrected chi connectivity index (χ4v) is 6.30. The monoisotopic (exact) mass is 476 g/mol. The Morgan fingerprint density at radius 1 is 1.00 bits per heavy atom. The van der Waals surface area contributed by atoms with Crippen molar-refractivity contribution in [3.8, 4) is 0 Å². The molecule has 1 amide bonds. The van der Waals surface area contributed by atoms with Crippen LogP contribution in [0.2, 0.25) is 0 Å². The van der Waals surface area contributed by atoms with Crippen LogP contribution in [0, 0.1) is 11.8 Å². The van der Waals surface area contributed by atoms with Gasteiger partial charge in [0, 0.05) is 67.4 Å². The number of ether oxygens (including phenoxy) is 1. The van der Waals surface area contributed by atoms with E-state index >= 15 is 0 Å². The Balaban J connectivity index is 1.20. The molecule has 0 spiro atoms. The second kappa shape index (κ2) is 8.55. The largest absolute Gasteiger partial charge is 0.416 e. The third-order valence-electron chi connectivity index (χ3n) is 7.08. The van der Waals surface area contributed by atoms with Crippen LogP contribution in [0.3, 0.4) is 0 Å². The Hall–Kier alpha value is -2.19. The van der Waals surface area contributed by atoms with Gasteiger partial charge in [0.25, 0.3) is 5.91 Å². The number of likely N-dealkylation sites (tertiary alicyclic amines) is 1. The van der Waals surface area contributed by atoms with Crippen LogP contribution in [0.1, 0.15) is 28.4 Å². The number of rotatable bonds is 5. The zero-order valence-corrected chi connectivity index (χ0v) is 19.3. The zero-order chi connectivity index (χ0) is 23.2. The molecule has 0 aliphatic carbocycles. The van der Waals surface area contributed by atoms with Crippen molar-refractivity contribution in [2.24, 2.45) is 11.8 Å². The molecule has 2 aromatic carbocycles. The molecule has 2 atom stereocenters. The lowest BCUT2D eigenvalue weighted by Gasteiger charge is -2.41. The summed E-state index contributed by atoms with van der Waals surface area (Å²) in [6.07, 6.45) is -4.32. The molecule has 3 aliphatic heterocycles. The number of carbonyl (C=O) groups excluding carboxylic acids is 1. The van der Waals surface area contributed by atoms with Gasteiger partial charge in [-0.2, -0.15) is 24.9 Å². The standard InChI is InChI=1S/C25H27F3N2O2S/c1-2-32-24(15-33-16-24)20-5-3-17(4-6-20)23(31)30-13-18-11-29(12-19(18)14-30)22-9-7-21(8-10-22)25(26,27)28/h3-10,18-19H,2,11-16H2,1H3. The summed E-state index contributed by atoms with van der Waals surface area (Å²) in [4.78, 5) is 17.2. The summed E-state index contributed by atoms with van der Waals surface area (Å²) in [6, 6.07) is 13.2. The summed E-state index contributed by atoms with van der Waals surface area (Å²) in [5.41, 5.74) is 1.79. The lowest BCUT2D eigenvalue weighted by Crippen LogP contribution is -2.43. The fourth-order valence-electron chi connectivity index (χ4n) is 5.23. The number of alkyl halides is 3. The lowest BCUT2D eigenvalue weighted by atomic mass is 9.95. The molecule has 3 fully saturated rings. The van der Waals surface area contributed by atoms with E-state index in [2.05, 4.69) is 4.90 Å². The summed E-state index contributed by atoms with van der Waals surface area (Å²) in [5.74, 6) is 2.61. The van der Waals surface area contributed by atoms with Gasteiger partial charge in [0.2, 0.25) is 0 Å². The van der Waals surface area contributed by atoms with E-state index in [-0.39, 0.29) is 11.5 Å². The summed E-state index contributed by atoms with van der Waals surface area (Å²) in [5, 5.41) is 0. The second-order valence-corrected chi connectivity index (χ2v) is 10.2. The second-order valence-electron chi connectivity index (χ2n) is 9.18. The van der Waals surface area contributed by atoms with E-state index in [1.165, 1.54) is 0 Å². The van der Waals surface area contributed by atoms with E-state index < -0.39 is 11.7 Å². The van der Waals surface area contributed by atoms with Crippen LogP contribution in [-0.2, 0) is 16.5 Å². The van der Waals surface area contributed by atoms with Crippen molar-refractivity contribution in [2.45, 2.75) is 18.7 Å². The third-order valence-corrected chi connectivity index (χ3v) is 8.42. The minimum atomic E-state index is -4.32. The molecule has 3 saturated heterocycles. The lowest BCUT2D eigenvalue weighted by molar-refractivity contribution is -0.137. The van der Waals surface area contributed by atoms with Gasteiger partial charge in [0.15, 0.2) is 0 Å². The van der Waals surface area contributed by atoms with Gasteiger partial charge in [-0.1, -0.05) is 12.1 Å². The van der Waals surface area contributed by atoms with Crippen molar-refractivity contribution in [3.63, 3.8) is 0 Å². The van der Waals surface area contributed by atoms with Crippen molar-refractivity contribution in [3.05, 3.63) is 65.2 Å². The first kappa shape index (κ1) is 22.6. The van der Waals surface area contributed by atoms with Crippen LogP contribution >= 0.6 is 11.8 Å². The average molecular weight is 477 g/mol. The summed E-state index contributed by atoms with van der Waals surface area (Å²) in [6.45, 7) is 5.55. The first-order chi connectivity index (χ1) is 15.8. The first-order valence-corrected chi connectivity index (χ1v) is 12.5. The van der Waals surface area contributed by atoms with Gasteiger partial charge in [0.1, 0.15) is 5.60 Å². The summed E-state index contributed by atoms with van der Waals surface area (Å²) < 4.78 is 44.5. The Kier molecular flexibility index (Phi) is 5.85. The number of fused-ring (bicyclic) bond motifs is 1. The molecule has 0 saturated carbocycles. The highest BCUT2D eigenvalue weighted by atomic mass is 32.2. The van der Waals surface area contributed by atoms with Gasteiger partial charge in [-0.3, -0.25) is 4.79 Å². The van der Waals surface area contributed by atoms with Crippen LogP contribution in [-0.4, -0.2) is 55.1 Å². The SMILES string of the molecule is CCOC1(c2ccc(C(=O)N3CC4CN(c5ccc(C(F)(F)F)cc5)CC4C3)cc2)CSC1. The predicted molar refractivity (Wildman–Crippen MR) is 124 cm³/mol. The average Bonchev–Trinajstić information content (AvgIpc) is 3.35. The maximum atomic E-state index is 13.1. The maximum absolute atomic E-state index is 13.1. The van der Waals surface area contributed by atoms with Crippen molar-refractivity contribution in [2.75, 3.05) is 49.2 Å². The van der Waals surface area contributed by atoms with E-state index in [1.807, 2.05) is 47.9 Å². The number of nitrogens with zero attached hydrogens (tertiary/aromatic N) is 2. The molecule has 2 aromatic rings. The molecular formula is C25H27F3N2O2S. The summed E-state index contributed by atoms with van der Waals surface area (Å²) >= 11 is 1.87. The van der Waals surface area contributed by atoms with Crippen LogP contribution < -0.4 is 4.90 Å². The molecule has 0 N–H and O–H groups in total. The molecule has 2 unspecified atom stereocenters. The molecule has 4 nitrogen and oxygen atoms in total. The Labute approximate surface area is 196 Å². The Bertz CT molecular complexity index is 992. The molecular weight excluding hydrogens is 449 g/mol. The number of amides is 1. The van der Waals surface area contributed by atoms with Gasteiger partial charge >= 0.3 is 6.18 Å². The molecule has 3 heterocycles. The number of benzene rings is 2. The smallest absolute Gasteiger partial charge is 0.371 e. The van der Waals surface area contributed by atoms with Gasteiger partial charge in [-0.15, -0.1) is 0 Å². The molecule has 5 rings (SSSR count). The molecule has 0 radical (unpaired) electrons. The predicted octanol–water partition coefficient (Wildman–Crippen LogP) is 4.89. The Morgan fingerprint density at radius 3 is 2.09 bits per heavy atom. The molecule has 8 heteroatoms. The highest BCUT2D eigenvalue weighted by Gasteiger charge is 2.43. The van der Waals surface area contributed by atoms with E-state index in [9.17, 15) is 18.0 Å². The Morgan fingerprint density at radius 2 is 1.61 bits per heavy atom. The molecule has 33 heavy (non-hydrogen) atoms. The van der Waals surface area contributed by atoms with Crippen molar-refractivity contribution < 1.29 is 22.7 Å². The van der Waals surface area contributed by atoms with Crippen LogP contribution in [0.25, 0.3) is 0 Å². The van der Waals surface area contributed by atoms with E-state index in [1.54, 1.807) is 12.1 Å². The minimum Gasteiger partial charge on any atom is -0.371 e. The number of anilines is 1. The van der Waals surface area contributed by atoms with Crippen LogP contribution in [0.15, 0.2) is 48.5 Å². The highest BCUT2D eigenvalue weighted by molar-refractivity contribution is 8.00. The van der Waals surface area contributed by atoms with Crippen molar-refractivity contribution >= 4 is 23.4 Å². The van der Waals surface area contributed by atoms with Gasteiger partial charge in [-0.05, 0) is 48.9 Å². The van der Waals surface area contributed by atoms with Gasteiger partial charge in [-0.25, -0.2) is 0 Å². The summed E-state index contributed by atoms with van der Waals surface area (Å²) in [7, 11) is 0. The molecule has 0 bridgehead atoms. The molecule has 3 aliphatic rings. The van der Waals surface area contributed by atoms with E-state index in [0.29, 0.717) is 37.1 Å². The van der Waals surface area contributed by atoms with Crippen LogP contribution in [0.4, 0.5) is 18.9 Å².